The number of rotatable bonds is 13. The maximum Gasteiger partial charge on any atom is 0.242 e. The SMILES string of the molecule is CC[C@H](C(=O)NCC(C)C)N(Cc1ccc(F)cc1)C(=O)CCCN(C)S(=O)(=O)c1ccccc1. The van der Waals surface area contributed by atoms with Crippen LogP contribution >= 0.6 is 0 Å². The highest BCUT2D eigenvalue weighted by atomic mass is 32.2. The highest BCUT2D eigenvalue weighted by molar-refractivity contribution is 7.89. The molecule has 9 heteroatoms. The summed E-state index contributed by atoms with van der Waals surface area (Å²) in [5.41, 5.74) is 0.707. The number of halogens is 1. The Kier molecular flexibility index (Phi) is 10.9. The molecule has 0 saturated heterocycles. The van der Waals surface area contributed by atoms with Crippen LogP contribution in [0, 0.1) is 11.7 Å². The van der Waals surface area contributed by atoms with Gasteiger partial charge in [-0.15, -0.1) is 0 Å². The van der Waals surface area contributed by atoms with Crippen LogP contribution in [0.3, 0.4) is 0 Å². The molecule has 2 aromatic rings. The molecule has 1 atom stereocenters. The van der Waals surface area contributed by atoms with Crippen LogP contribution in [-0.4, -0.2) is 55.6 Å². The number of sulfonamides is 1. The molecule has 0 saturated carbocycles. The predicted octanol–water partition coefficient (Wildman–Crippen LogP) is 3.81. The maximum absolute atomic E-state index is 13.4. The molecule has 2 amide bonds. The van der Waals surface area contributed by atoms with Gasteiger partial charge in [-0.1, -0.05) is 51.1 Å². The Morgan fingerprint density at radius 2 is 1.66 bits per heavy atom. The summed E-state index contributed by atoms with van der Waals surface area (Å²) in [4.78, 5) is 27.9. The molecule has 0 heterocycles. The Balaban J connectivity index is 2.11. The minimum atomic E-state index is -3.65. The lowest BCUT2D eigenvalue weighted by atomic mass is 10.1. The number of carbonyl (C=O) groups is 2. The van der Waals surface area contributed by atoms with Gasteiger partial charge in [0.15, 0.2) is 0 Å². The molecule has 192 valence electrons. The third-order valence-corrected chi connectivity index (χ3v) is 7.52. The lowest BCUT2D eigenvalue weighted by molar-refractivity contribution is -0.141. The van der Waals surface area contributed by atoms with Crippen LogP contribution in [0.4, 0.5) is 4.39 Å². The minimum Gasteiger partial charge on any atom is -0.354 e. The normalized spacial score (nSPS) is 12.5. The van der Waals surface area contributed by atoms with Crippen molar-refractivity contribution < 1.29 is 22.4 Å². The van der Waals surface area contributed by atoms with Gasteiger partial charge in [0.25, 0.3) is 0 Å². The molecule has 0 aliphatic carbocycles. The summed E-state index contributed by atoms with van der Waals surface area (Å²) in [6, 6.07) is 13.3. The Hall–Kier alpha value is -2.78. The average molecular weight is 506 g/mol. The van der Waals surface area contributed by atoms with Crippen molar-refractivity contribution in [2.24, 2.45) is 5.92 Å². The van der Waals surface area contributed by atoms with Crippen LogP contribution in [0.5, 0.6) is 0 Å². The Bertz CT molecular complexity index is 1060. The summed E-state index contributed by atoms with van der Waals surface area (Å²) in [6.45, 7) is 6.63. The van der Waals surface area contributed by atoms with E-state index in [1.54, 1.807) is 30.3 Å². The molecule has 2 aromatic carbocycles. The van der Waals surface area contributed by atoms with Crippen LogP contribution in [0.1, 0.15) is 45.6 Å². The first-order valence-electron chi connectivity index (χ1n) is 11.9. The van der Waals surface area contributed by atoms with E-state index in [1.165, 1.54) is 40.5 Å². The fraction of sp³-hybridized carbons (Fsp3) is 0.462. The van der Waals surface area contributed by atoms with Crippen LogP contribution < -0.4 is 5.32 Å². The lowest BCUT2D eigenvalue weighted by Gasteiger charge is -2.31. The van der Waals surface area contributed by atoms with Gasteiger partial charge in [0.1, 0.15) is 11.9 Å². The van der Waals surface area contributed by atoms with Crippen molar-refractivity contribution in [3.63, 3.8) is 0 Å². The molecule has 0 bridgehead atoms. The standard InChI is InChI=1S/C26H36FN3O4S/c1-5-24(26(32)28-18-20(2)3)30(19-21-13-15-22(27)16-14-21)25(31)12-9-17-29(4)35(33,34)23-10-7-6-8-11-23/h6-8,10-11,13-16,20,24H,5,9,12,17-19H2,1-4H3,(H,28,32)/t24-/m1/s1. The summed E-state index contributed by atoms with van der Waals surface area (Å²) < 4.78 is 40.1. The predicted molar refractivity (Wildman–Crippen MR) is 134 cm³/mol. The smallest absolute Gasteiger partial charge is 0.242 e. The molecule has 0 aliphatic rings. The molecule has 0 aliphatic heterocycles. The number of hydrogen-bond acceptors (Lipinski definition) is 4. The van der Waals surface area contributed by atoms with Gasteiger partial charge in [-0.3, -0.25) is 9.59 Å². The van der Waals surface area contributed by atoms with E-state index in [9.17, 15) is 22.4 Å². The summed E-state index contributed by atoms with van der Waals surface area (Å²) in [7, 11) is -2.17. The summed E-state index contributed by atoms with van der Waals surface area (Å²) in [5, 5.41) is 2.90. The van der Waals surface area contributed by atoms with E-state index in [0.29, 0.717) is 24.9 Å². The zero-order valence-corrected chi connectivity index (χ0v) is 21.7. The second-order valence-corrected chi connectivity index (χ2v) is 11.0. The second-order valence-electron chi connectivity index (χ2n) is 8.95. The van der Waals surface area contributed by atoms with Crippen LogP contribution in [0.25, 0.3) is 0 Å². The average Bonchev–Trinajstić information content (AvgIpc) is 2.84. The van der Waals surface area contributed by atoms with Crippen LogP contribution in [0.15, 0.2) is 59.5 Å². The van der Waals surface area contributed by atoms with Gasteiger partial charge in [0, 0.05) is 33.1 Å². The highest BCUT2D eigenvalue weighted by Crippen LogP contribution is 2.17. The maximum atomic E-state index is 13.4. The first-order chi connectivity index (χ1) is 16.6. The quantitative estimate of drug-likeness (QED) is 0.449. The number of amides is 2. The van der Waals surface area contributed by atoms with Crippen molar-refractivity contribution in [2.75, 3.05) is 20.1 Å². The number of hydrogen-bond donors (Lipinski definition) is 1. The molecule has 0 unspecified atom stereocenters. The van der Waals surface area contributed by atoms with E-state index >= 15 is 0 Å². The van der Waals surface area contributed by atoms with Crippen LogP contribution in [-0.2, 0) is 26.2 Å². The fourth-order valence-electron chi connectivity index (χ4n) is 3.62. The lowest BCUT2D eigenvalue weighted by Crippen LogP contribution is -2.49. The van der Waals surface area contributed by atoms with E-state index in [2.05, 4.69) is 5.32 Å². The van der Waals surface area contributed by atoms with E-state index < -0.39 is 16.1 Å². The third-order valence-electron chi connectivity index (χ3n) is 5.65. The molecule has 7 nitrogen and oxygen atoms in total. The van der Waals surface area contributed by atoms with Crippen molar-refractivity contribution in [2.45, 2.75) is 57.5 Å². The van der Waals surface area contributed by atoms with E-state index in [4.69, 9.17) is 0 Å². The van der Waals surface area contributed by atoms with Crippen molar-refractivity contribution >= 4 is 21.8 Å². The van der Waals surface area contributed by atoms with Crippen molar-refractivity contribution in [1.29, 1.82) is 0 Å². The Morgan fingerprint density at radius 3 is 2.23 bits per heavy atom. The van der Waals surface area contributed by atoms with Gasteiger partial charge < -0.3 is 10.2 Å². The first-order valence-corrected chi connectivity index (χ1v) is 13.3. The van der Waals surface area contributed by atoms with Crippen molar-refractivity contribution in [1.82, 2.24) is 14.5 Å². The van der Waals surface area contributed by atoms with Gasteiger partial charge in [0.2, 0.25) is 21.8 Å². The zero-order chi connectivity index (χ0) is 26.0. The fourth-order valence-corrected chi connectivity index (χ4v) is 4.85. The first kappa shape index (κ1) is 28.5. The Labute approximate surface area is 208 Å². The number of benzene rings is 2. The van der Waals surface area contributed by atoms with Gasteiger partial charge in [0.05, 0.1) is 4.90 Å². The number of nitrogens with zero attached hydrogens (tertiary/aromatic N) is 2. The number of carbonyl (C=O) groups excluding carboxylic acids is 2. The monoisotopic (exact) mass is 505 g/mol. The van der Waals surface area contributed by atoms with Crippen LogP contribution in [0.2, 0.25) is 0 Å². The van der Waals surface area contributed by atoms with Gasteiger partial charge in [-0.25, -0.2) is 17.1 Å². The molecule has 35 heavy (non-hydrogen) atoms. The minimum absolute atomic E-state index is 0.0732. The molecule has 0 spiro atoms. The summed E-state index contributed by atoms with van der Waals surface area (Å²) in [6.07, 6.45) is 0.786. The highest BCUT2D eigenvalue weighted by Gasteiger charge is 2.29. The van der Waals surface area contributed by atoms with E-state index in [1.807, 2.05) is 20.8 Å². The molecule has 0 radical (unpaired) electrons. The summed E-state index contributed by atoms with van der Waals surface area (Å²) >= 11 is 0. The zero-order valence-electron chi connectivity index (χ0n) is 20.9. The molecule has 0 fully saturated rings. The van der Waals surface area contributed by atoms with Gasteiger partial charge in [-0.2, -0.15) is 0 Å². The second kappa shape index (κ2) is 13.3. The van der Waals surface area contributed by atoms with Crippen molar-refractivity contribution in [3.8, 4) is 0 Å². The number of nitrogens with one attached hydrogen (secondary N) is 1. The summed E-state index contributed by atoms with van der Waals surface area (Å²) in [5.74, 6) is -0.609. The molecule has 2 rings (SSSR count). The molecule has 0 aromatic heterocycles. The molecular formula is C26H36FN3O4S. The van der Waals surface area contributed by atoms with Gasteiger partial charge in [-0.05, 0) is 48.6 Å². The largest absolute Gasteiger partial charge is 0.354 e. The van der Waals surface area contributed by atoms with E-state index in [-0.39, 0.29) is 48.0 Å². The Morgan fingerprint density at radius 1 is 1.03 bits per heavy atom. The van der Waals surface area contributed by atoms with Crippen molar-refractivity contribution in [3.05, 3.63) is 66.0 Å². The third kappa shape index (κ3) is 8.43. The van der Waals surface area contributed by atoms with E-state index in [0.717, 1.165) is 0 Å². The molecular weight excluding hydrogens is 469 g/mol. The molecule has 1 N–H and O–H groups in total. The topological polar surface area (TPSA) is 86.8 Å². The van der Waals surface area contributed by atoms with Gasteiger partial charge >= 0.3 is 0 Å².